The summed E-state index contributed by atoms with van der Waals surface area (Å²) in [6.07, 6.45) is 0.374. The van der Waals surface area contributed by atoms with E-state index < -0.39 is 5.60 Å². The van der Waals surface area contributed by atoms with Crippen molar-refractivity contribution >= 4 is 17.0 Å². The number of β-amino-alcohol motifs (C(OH)–C–C–N with tert-alkyl or cyclic N) is 1. The minimum Gasteiger partial charge on any atom is -0.436 e. The Morgan fingerprint density at radius 1 is 1.31 bits per heavy atom. The van der Waals surface area contributed by atoms with Crippen molar-refractivity contribution in [1.82, 2.24) is 9.88 Å². The zero-order valence-corrected chi connectivity index (χ0v) is 14.5. The first-order chi connectivity index (χ1) is 12.5. The molecule has 2 heterocycles. The van der Waals surface area contributed by atoms with Crippen LogP contribution in [0.2, 0.25) is 0 Å². The van der Waals surface area contributed by atoms with Gasteiger partial charge in [0.1, 0.15) is 11.1 Å². The molecule has 1 aromatic heterocycles. The molecule has 0 bridgehead atoms. The van der Waals surface area contributed by atoms with Crippen molar-refractivity contribution in [2.24, 2.45) is 0 Å². The van der Waals surface area contributed by atoms with Crippen LogP contribution in [0, 0.1) is 6.92 Å². The third-order valence-corrected chi connectivity index (χ3v) is 4.81. The van der Waals surface area contributed by atoms with Crippen molar-refractivity contribution in [3.8, 4) is 11.5 Å². The number of oxazole rings is 1. The van der Waals surface area contributed by atoms with Crippen LogP contribution in [0.5, 0.6) is 0 Å². The van der Waals surface area contributed by atoms with E-state index in [1.54, 1.807) is 23.1 Å². The lowest BCUT2D eigenvalue weighted by atomic mass is 10.1. The molecule has 0 saturated carbocycles. The van der Waals surface area contributed by atoms with Crippen LogP contribution in [0.15, 0.2) is 46.9 Å². The zero-order valence-electron chi connectivity index (χ0n) is 14.5. The molecule has 26 heavy (non-hydrogen) atoms. The molecule has 0 aliphatic carbocycles. The van der Waals surface area contributed by atoms with Crippen LogP contribution in [-0.2, 0) is 0 Å². The molecule has 0 spiro atoms. The lowest BCUT2D eigenvalue weighted by Gasteiger charge is -2.21. The monoisotopic (exact) mass is 352 g/mol. The lowest BCUT2D eigenvalue weighted by Crippen LogP contribution is -2.38. The molecule has 2 aromatic carbocycles. The van der Waals surface area contributed by atoms with Gasteiger partial charge in [0.05, 0.1) is 13.2 Å². The second-order valence-corrected chi connectivity index (χ2v) is 6.93. The molecule has 134 valence electrons. The average Bonchev–Trinajstić information content (AvgIpc) is 3.25. The predicted octanol–water partition coefficient (Wildman–Crippen LogP) is 2.37. The third kappa shape index (κ3) is 2.98. The average molecular weight is 352 g/mol. The molecule has 4 rings (SSSR count). The van der Waals surface area contributed by atoms with E-state index >= 15 is 0 Å². The molecule has 0 unspecified atom stereocenters. The van der Waals surface area contributed by atoms with Crippen LogP contribution in [-0.4, -0.2) is 51.3 Å². The van der Waals surface area contributed by atoms with E-state index in [9.17, 15) is 15.0 Å². The first-order valence-corrected chi connectivity index (χ1v) is 8.58. The van der Waals surface area contributed by atoms with Gasteiger partial charge in [-0.05, 0) is 49.2 Å². The summed E-state index contributed by atoms with van der Waals surface area (Å²) in [5.41, 5.74) is 2.61. The van der Waals surface area contributed by atoms with E-state index in [-0.39, 0.29) is 19.1 Å². The van der Waals surface area contributed by atoms with Crippen molar-refractivity contribution in [3.63, 3.8) is 0 Å². The van der Waals surface area contributed by atoms with Crippen molar-refractivity contribution in [3.05, 3.63) is 53.6 Å². The van der Waals surface area contributed by atoms with E-state index in [4.69, 9.17) is 4.42 Å². The van der Waals surface area contributed by atoms with Crippen LogP contribution in [0.1, 0.15) is 22.3 Å². The smallest absolute Gasteiger partial charge is 0.253 e. The number of hydrogen-bond acceptors (Lipinski definition) is 5. The molecule has 2 N–H and O–H groups in total. The fourth-order valence-corrected chi connectivity index (χ4v) is 3.29. The quantitative estimate of drug-likeness (QED) is 0.756. The van der Waals surface area contributed by atoms with Gasteiger partial charge in [-0.25, -0.2) is 4.98 Å². The molecule has 1 amide bonds. The Labute approximate surface area is 150 Å². The number of rotatable bonds is 3. The highest BCUT2D eigenvalue weighted by atomic mass is 16.3. The topological polar surface area (TPSA) is 86.8 Å². The summed E-state index contributed by atoms with van der Waals surface area (Å²) in [6, 6.07) is 12.9. The van der Waals surface area contributed by atoms with Gasteiger partial charge in [-0.3, -0.25) is 4.79 Å². The number of aromatic nitrogens is 1. The van der Waals surface area contributed by atoms with Crippen molar-refractivity contribution in [1.29, 1.82) is 0 Å². The molecule has 1 aliphatic heterocycles. The summed E-state index contributed by atoms with van der Waals surface area (Å²) in [5, 5.41) is 19.4. The number of amides is 1. The maximum absolute atomic E-state index is 12.7. The molecule has 1 saturated heterocycles. The molecule has 0 radical (unpaired) electrons. The molecule has 1 aliphatic rings. The Morgan fingerprint density at radius 3 is 2.92 bits per heavy atom. The van der Waals surface area contributed by atoms with Gasteiger partial charge >= 0.3 is 0 Å². The molecule has 1 fully saturated rings. The van der Waals surface area contributed by atoms with Crippen LogP contribution in [0.3, 0.4) is 0 Å². The van der Waals surface area contributed by atoms with Gasteiger partial charge in [-0.2, -0.15) is 0 Å². The minimum absolute atomic E-state index is 0.134. The summed E-state index contributed by atoms with van der Waals surface area (Å²) in [4.78, 5) is 18.8. The summed E-state index contributed by atoms with van der Waals surface area (Å²) in [5.74, 6) is 0.289. The summed E-state index contributed by atoms with van der Waals surface area (Å²) in [7, 11) is 0. The SMILES string of the molecule is Cc1ccc2oc(-c3cccc(C(=O)N4CC[C@](O)(CO)C4)c3)nc2c1. The normalized spacial score (nSPS) is 20.0. The number of fused-ring (bicyclic) bond motifs is 1. The van der Waals surface area contributed by atoms with E-state index in [0.29, 0.717) is 30.0 Å². The molecule has 6 nitrogen and oxygen atoms in total. The number of aliphatic hydroxyl groups excluding tert-OH is 1. The molecular weight excluding hydrogens is 332 g/mol. The highest BCUT2D eigenvalue weighted by Crippen LogP contribution is 2.27. The Morgan fingerprint density at radius 2 is 2.15 bits per heavy atom. The number of carbonyl (C=O) groups excluding carboxylic acids is 1. The number of aliphatic hydroxyl groups is 2. The Balaban J connectivity index is 1.63. The predicted molar refractivity (Wildman–Crippen MR) is 96.7 cm³/mol. The van der Waals surface area contributed by atoms with Crippen LogP contribution >= 0.6 is 0 Å². The van der Waals surface area contributed by atoms with Gasteiger partial charge in [0, 0.05) is 17.7 Å². The number of benzene rings is 2. The Bertz CT molecular complexity index is 981. The standard InChI is InChI=1S/C20H20N2O4/c1-13-5-6-17-16(9-13)21-18(26-17)14-3-2-4-15(10-14)19(24)22-8-7-20(25,11-22)12-23/h2-6,9-10,23,25H,7-8,11-12H2,1H3/t20-/m1/s1. The Hall–Kier alpha value is -2.70. The van der Waals surface area contributed by atoms with E-state index in [0.717, 1.165) is 16.6 Å². The fraction of sp³-hybridized carbons (Fsp3) is 0.300. The number of hydrogen-bond donors (Lipinski definition) is 2. The van der Waals surface area contributed by atoms with E-state index in [1.165, 1.54) is 0 Å². The fourth-order valence-electron chi connectivity index (χ4n) is 3.29. The molecule has 3 aromatic rings. The Kier molecular flexibility index (Phi) is 4.01. The van der Waals surface area contributed by atoms with Crippen LogP contribution < -0.4 is 0 Å². The van der Waals surface area contributed by atoms with Gasteiger partial charge in [-0.1, -0.05) is 12.1 Å². The minimum atomic E-state index is -1.20. The number of likely N-dealkylation sites (tertiary alicyclic amines) is 1. The third-order valence-electron chi connectivity index (χ3n) is 4.81. The second kappa shape index (κ2) is 6.23. The summed E-state index contributed by atoms with van der Waals surface area (Å²) >= 11 is 0. The summed E-state index contributed by atoms with van der Waals surface area (Å²) < 4.78 is 5.81. The largest absolute Gasteiger partial charge is 0.436 e. The zero-order chi connectivity index (χ0) is 18.3. The first-order valence-electron chi connectivity index (χ1n) is 8.58. The van der Waals surface area contributed by atoms with Crippen molar-refractivity contribution in [2.75, 3.05) is 19.7 Å². The van der Waals surface area contributed by atoms with Gasteiger partial charge < -0.3 is 19.5 Å². The maximum atomic E-state index is 12.7. The number of aryl methyl sites for hydroxylation is 1. The summed E-state index contributed by atoms with van der Waals surface area (Å²) in [6.45, 7) is 2.20. The van der Waals surface area contributed by atoms with Gasteiger partial charge in [0.25, 0.3) is 5.91 Å². The highest BCUT2D eigenvalue weighted by molar-refractivity contribution is 5.95. The molecule has 6 heteroatoms. The molecule has 1 atom stereocenters. The van der Waals surface area contributed by atoms with E-state index in [2.05, 4.69) is 4.98 Å². The van der Waals surface area contributed by atoms with Gasteiger partial charge in [-0.15, -0.1) is 0 Å². The number of carbonyl (C=O) groups is 1. The highest BCUT2D eigenvalue weighted by Gasteiger charge is 2.37. The van der Waals surface area contributed by atoms with Crippen molar-refractivity contribution in [2.45, 2.75) is 18.9 Å². The van der Waals surface area contributed by atoms with Crippen LogP contribution in [0.4, 0.5) is 0 Å². The first kappa shape index (κ1) is 16.8. The van der Waals surface area contributed by atoms with Gasteiger partial charge in [0.2, 0.25) is 5.89 Å². The van der Waals surface area contributed by atoms with Crippen LogP contribution in [0.25, 0.3) is 22.6 Å². The maximum Gasteiger partial charge on any atom is 0.253 e. The molecular formula is C20H20N2O4. The number of nitrogens with zero attached hydrogens (tertiary/aromatic N) is 2. The lowest BCUT2D eigenvalue weighted by molar-refractivity contribution is -0.00455. The van der Waals surface area contributed by atoms with E-state index in [1.807, 2.05) is 31.2 Å². The van der Waals surface area contributed by atoms with Gasteiger partial charge in [0.15, 0.2) is 5.58 Å². The van der Waals surface area contributed by atoms with Crippen molar-refractivity contribution < 1.29 is 19.4 Å². The second-order valence-electron chi connectivity index (χ2n) is 6.93.